The highest BCUT2D eigenvalue weighted by Crippen LogP contribution is 2.38. The summed E-state index contributed by atoms with van der Waals surface area (Å²) in [6, 6.07) is 5.50. The summed E-state index contributed by atoms with van der Waals surface area (Å²) in [6.45, 7) is 6.05. The Hall–Kier alpha value is -2.44. The van der Waals surface area contributed by atoms with Gasteiger partial charge in [-0.2, -0.15) is 0 Å². The van der Waals surface area contributed by atoms with E-state index in [0.717, 1.165) is 5.56 Å². The summed E-state index contributed by atoms with van der Waals surface area (Å²) < 4.78 is 21.0. The van der Waals surface area contributed by atoms with E-state index in [0.29, 0.717) is 18.0 Å². The highest BCUT2D eigenvalue weighted by Gasteiger charge is 2.42. The van der Waals surface area contributed by atoms with E-state index < -0.39 is 17.6 Å². The van der Waals surface area contributed by atoms with Crippen LogP contribution in [0.3, 0.4) is 0 Å². The van der Waals surface area contributed by atoms with Gasteiger partial charge in [0.25, 0.3) is 0 Å². The van der Waals surface area contributed by atoms with E-state index >= 15 is 0 Å². The number of esters is 1. The van der Waals surface area contributed by atoms with Crippen LogP contribution in [0.4, 0.5) is 4.79 Å². The quantitative estimate of drug-likeness (QED) is 0.764. The van der Waals surface area contributed by atoms with Gasteiger partial charge in [-0.3, -0.25) is 4.79 Å². The molecule has 0 radical (unpaired) electrons. The largest absolute Gasteiger partial charge is 0.493 e. The van der Waals surface area contributed by atoms with Gasteiger partial charge in [0.05, 0.1) is 27.2 Å². The summed E-state index contributed by atoms with van der Waals surface area (Å²) in [7, 11) is 4.47. The second-order valence-corrected chi connectivity index (χ2v) is 7.24. The first-order chi connectivity index (χ1) is 12.2. The van der Waals surface area contributed by atoms with E-state index in [1.165, 1.54) is 7.11 Å². The number of ether oxygens (including phenoxy) is 4. The fourth-order valence-electron chi connectivity index (χ4n) is 3.09. The fraction of sp³-hybridized carbons (Fsp3) is 0.579. The van der Waals surface area contributed by atoms with Crippen molar-refractivity contribution in [3.05, 3.63) is 23.8 Å². The van der Waals surface area contributed by atoms with E-state index in [1.807, 2.05) is 32.9 Å². The van der Waals surface area contributed by atoms with E-state index in [-0.39, 0.29) is 18.4 Å². The maximum Gasteiger partial charge on any atom is 0.410 e. The van der Waals surface area contributed by atoms with Gasteiger partial charge in [-0.15, -0.1) is 0 Å². The summed E-state index contributed by atoms with van der Waals surface area (Å²) in [6.07, 6.45) is -0.436. The van der Waals surface area contributed by atoms with Gasteiger partial charge >= 0.3 is 12.1 Å². The molecule has 1 aliphatic rings. The van der Waals surface area contributed by atoms with Crippen molar-refractivity contribution in [2.75, 3.05) is 34.4 Å². The van der Waals surface area contributed by atoms with Crippen LogP contribution < -0.4 is 9.47 Å². The number of carbonyl (C=O) groups excluding carboxylic acids is 2. The van der Waals surface area contributed by atoms with Gasteiger partial charge in [-0.1, -0.05) is 6.07 Å². The molecule has 0 spiro atoms. The maximum absolute atomic E-state index is 12.4. The molecule has 1 aliphatic heterocycles. The van der Waals surface area contributed by atoms with Gasteiger partial charge in [0, 0.05) is 19.0 Å². The Labute approximate surface area is 154 Å². The zero-order valence-electron chi connectivity index (χ0n) is 16.2. The third-order valence-corrected chi connectivity index (χ3v) is 4.31. The first-order valence-electron chi connectivity index (χ1n) is 8.47. The summed E-state index contributed by atoms with van der Waals surface area (Å²) in [5.74, 6) is 0.147. The Morgan fingerprint density at radius 3 is 2.23 bits per heavy atom. The molecule has 1 amide bonds. The number of carbonyl (C=O) groups is 2. The molecule has 26 heavy (non-hydrogen) atoms. The average molecular weight is 365 g/mol. The lowest BCUT2D eigenvalue weighted by Crippen LogP contribution is -2.36. The van der Waals surface area contributed by atoms with Gasteiger partial charge in [-0.05, 0) is 38.5 Å². The Morgan fingerprint density at radius 1 is 1.04 bits per heavy atom. The third-order valence-electron chi connectivity index (χ3n) is 4.31. The molecule has 0 aliphatic carbocycles. The molecule has 1 aromatic carbocycles. The molecule has 7 heteroatoms. The lowest BCUT2D eigenvalue weighted by atomic mass is 9.89. The molecule has 144 valence electrons. The standard InChI is InChI=1S/C19H27NO6/c1-19(2,3)26-18(22)20-10-13(14(11-20)17(21)25-6)12-7-8-15(23-4)16(9-12)24-5/h7-9,13-14H,10-11H2,1-6H3/t13-,14+/m0/s1. The van der Waals surface area contributed by atoms with Gasteiger partial charge < -0.3 is 23.8 Å². The highest BCUT2D eigenvalue weighted by molar-refractivity contribution is 5.77. The number of hydrogen-bond acceptors (Lipinski definition) is 6. The molecule has 2 rings (SSSR count). The second-order valence-electron chi connectivity index (χ2n) is 7.24. The lowest BCUT2D eigenvalue weighted by molar-refractivity contribution is -0.145. The van der Waals surface area contributed by atoms with Gasteiger partial charge in [-0.25, -0.2) is 4.79 Å². The van der Waals surface area contributed by atoms with Crippen LogP contribution in [0, 0.1) is 5.92 Å². The molecule has 1 heterocycles. The number of methoxy groups -OCH3 is 3. The SMILES string of the molecule is COC(=O)[C@@H]1CN(C(=O)OC(C)(C)C)C[C@H]1c1ccc(OC)c(OC)c1. The predicted octanol–water partition coefficient (Wildman–Crippen LogP) is 2.83. The third kappa shape index (κ3) is 4.39. The van der Waals surface area contributed by atoms with Crippen LogP contribution in [-0.2, 0) is 14.3 Å². The van der Waals surface area contributed by atoms with Crippen LogP contribution in [-0.4, -0.2) is 57.0 Å². The molecular weight excluding hydrogens is 338 g/mol. The molecule has 0 N–H and O–H groups in total. The predicted molar refractivity (Wildman–Crippen MR) is 95.6 cm³/mol. The molecule has 0 bridgehead atoms. The number of benzene rings is 1. The van der Waals surface area contributed by atoms with Crippen LogP contribution in [0.5, 0.6) is 11.5 Å². The minimum atomic E-state index is -0.598. The minimum absolute atomic E-state index is 0.213. The first kappa shape index (κ1) is 19.9. The Balaban J connectivity index is 2.30. The number of rotatable bonds is 4. The summed E-state index contributed by atoms with van der Waals surface area (Å²) in [4.78, 5) is 26.2. The molecule has 7 nitrogen and oxygen atoms in total. The van der Waals surface area contributed by atoms with Crippen molar-refractivity contribution in [1.82, 2.24) is 4.90 Å². The monoisotopic (exact) mass is 365 g/mol. The molecule has 0 aromatic heterocycles. The summed E-state index contributed by atoms with van der Waals surface area (Å²) in [5, 5.41) is 0. The Bertz CT molecular complexity index is 666. The second kappa shape index (κ2) is 7.85. The number of amides is 1. The van der Waals surface area contributed by atoms with Crippen molar-refractivity contribution < 1.29 is 28.5 Å². The zero-order chi connectivity index (χ0) is 19.5. The smallest absolute Gasteiger partial charge is 0.410 e. The van der Waals surface area contributed by atoms with E-state index in [1.54, 1.807) is 25.2 Å². The van der Waals surface area contributed by atoms with E-state index in [2.05, 4.69) is 0 Å². The van der Waals surface area contributed by atoms with Gasteiger partial charge in [0.15, 0.2) is 11.5 Å². The Morgan fingerprint density at radius 2 is 1.69 bits per heavy atom. The van der Waals surface area contributed by atoms with Crippen molar-refractivity contribution in [2.24, 2.45) is 5.92 Å². The van der Waals surface area contributed by atoms with Crippen molar-refractivity contribution in [1.29, 1.82) is 0 Å². The summed E-state index contributed by atoms with van der Waals surface area (Å²) in [5.41, 5.74) is 0.281. The Kier molecular flexibility index (Phi) is 6.00. The van der Waals surface area contributed by atoms with Crippen LogP contribution >= 0.6 is 0 Å². The van der Waals surface area contributed by atoms with Crippen LogP contribution in [0.1, 0.15) is 32.3 Å². The van der Waals surface area contributed by atoms with Crippen molar-refractivity contribution in [2.45, 2.75) is 32.3 Å². The fourth-order valence-corrected chi connectivity index (χ4v) is 3.09. The van der Waals surface area contributed by atoms with Crippen LogP contribution in [0.2, 0.25) is 0 Å². The normalized spacial score (nSPS) is 19.8. The summed E-state index contributed by atoms with van der Waals surface area (Å²) >= 11 is 0. The molecular formula is C19H27NO6. The first-order valence-corrected chi connectivity index (χ1v) is 8.47. The maximum atomic E-state index is 12.4. The molecule has 2 atom stereocenters. The van der Waals surface area contributed by atoms with Crippen LogP contribution in [0.15, 0.2) is 18.2 Å². The van der Waals surface area contributed by atoms with Crippen molar-refractivity contribution >= 4 is 12.1 Å². The lowest BCUT2D eigenvalue weighted by Gasteiger charge is -2.24. The highest BCUT2D eigenvalue weighted by atomic mass is 16.6. The molecule has 1 aromatic rings. The molecule has 1 saturated heterocycles. The number of nitrogens with zero attached hydrogens (tertiary/aromatic N) is 1. The molecule has 0 unspecified atom stereocenters. The van der Waals surface area contributed by atoms with E-state index in [9.17, 15) is 9.59 Å². The zero-order valence-corrected chi connectivity index (χ0v) is 16.2. The van der Waals surface area contributed by atoms with Gasteiger partial charge in [0.2, 0.25) is 0 Å². The van der Waals surface area contributed by atoms with Crippen molar-refractivity contribution in [3.63, 3.8) is 0 Å². The molecule has 1 fully saturated rings. The number of hydrogen-bond donors (Lipinski definition) is 0. The molecule has 0 saturated carbocycles. The van der Waals surface area contributed by atoms with Crippen molar-refractivity contribution in [3.8, 4) is 11.5 Å². The topological polar surface area (TPSA) is 74.3 Å². The van der Waals surface area contributed by atoms with Gasteiger partial charge in [0.1, 0.15) is 5.60 Å². The van der Waals surface area contributed by atoms with E-state index in [4.69, 9.17) is 18.9 Å². The van der Waals surface area contributed by atoms with Crippen LogP contribution in [0.25, 0.3) is 0 Å². The minimum Gasteiger partial charge on any atom is -0.493 e. The average Bonchev–Trinajstić information content (AvgIpc) is 3.04. The number of likely N-dealkylation sites (tertiary alicyclic amines) is 1.